The fourth-order valence-electron chi connectivity index (χ4n) is 3.67. The Balaban J connectivity index is 1.47. The lowest BCUT2D eigenvalue weighted by Gasteiger charge is -2.28. The van der Waals surface area contributed by atoms with E-state index in [1.54, 1.807) is 0 Å². The number of carbonyl (C=O) groups is 1. The maximum atomic E-state index is 12.5. The van der Waals surface area contributed by atoms with Crippen molar-refractivity contribution in [2.24, 2.45) is 5.92 Å². The van der Waals surface area contributed by atoms with E-state index in [4.69, 9.17) is 5.73 Å². The fourth-order valence-corrected chi connectivity index (χ4v) is 3.67. The number of aryl methyl sites for hydroxylation is 1. The van der Waals surface area contributed by atoms with Gasteiger partial charge in [0.05, 0.1) is 0 Å². The number of hydrogen-bond acceptors (Lipinski definition) is 6. The smallest absolute Gasteiger partial charge is 0.224 e. The third-order valence-corrected chi connectivity index (χ3v) is 5.22. The molecular formula is C21H30N6O. The van der Waals surface area contributed by atoms with Crippen LogP contribution in [0.5, 0.6) is 0 Å². The van der Waals surface area contributed by atoms with E-state index in [9.17, 15) is 4.79 Å². The molecule has 0 atom stereocenters. The fraction of sp³-hybridized carbons (Fsp3) is 0.476. The molecule has 7 nitrogen and oxygen atoms in total. The van der Waals surface area contributed by atoms with Gasteiger partial charge in [-0.2, -0.15) is 4.98 Å². The SMILES string of the molecule is Cc1cnc(N[C@H]2CC[C@@H](C(=O)NCc3cccc(N)c3)CC2)nc1N(C)C. The number of carbonyl (C=O) groups excluding carboxylic acids is 1. The predicted molar refractivity (Wildman–Crippen MR) is 113 cm³/mol. The van der Waals surface area contributed by atoms with Gasteiger partial charge in [-0.1, -0.05) is 12.1 Å². The van der Waals surface area contributed by atoms with Crippen LogP contribution >= 0.6 is 0 Å². The predicted octanol–water partition coefficient (Wildman–Crippen LogP) is 2.72. The monoisotopic (exact) mass is 382 g/mol. The Bertz CT molecular complexity index is 814. The van der Waals surface area contributed by atoms with Crippen molar-refractivity contribution < 1.29 is 4.79 Å². The molecule has 1 aromatic heterocycles. The Hall–Kier alpha value is -2.83. The molecule has 1 aliphatic rings. The number of benzene rings is 1. The van der Waals surface area contributed by atoms with E-state index in [0.29, 0.717) is 24.2 Å². The Kier molecular flexibility index (Phi) is 6.34. The van der Waals surface area contributed by atoms with Gasteiger partial charge in [-0.3, -0.25) is 4.79 Å². The molecule has 0 unspecified atom stereocenters. The number of nitrogens with one attached hydrogen (secondary N) is 2. The quantitative estimate of drug-likeness (QED) is 0.665. The molecule has 0 spiro atoms. The number of nitrogen functional groups attached to an aromatic ring is 1. The second-order valence-corrected chi connectivity index (χ2v) is 7.75. The number of rotatable bonds is 6. The Morgan fingerprint density at radius 2 is 2.00 bits per heavy atom. The average Bonchev–Trinajstić information content (AvgIpc) is 2.68. The molecule has 1 aliphatic carbocycles. The second kappa shape index (κ2) is 8.91. The van der Waals surface area contributed by atoms with E-state index in [-0.39, 0.29) is 11.8 Å². The summed E-state index contributed by atoms with van der Waals surface area (Å²) in [4.78, 5) is 23.5. The van der Waals surface area contributed by atoms with Gasteiger partial charge in [0.25, 0.3) is 0 Å². The van der Waals surface area contributed by atoms with E-state index in [0.717, 1.165) is 42.6 Å². The third kappa shape index (κ3) is 5.12. The first-order valence-electron chi connectivity index (χ1n) is 9.82. The van der Waals surface area contributed by atoms with Gasteiger partial charge in [-0.25, -0.2) is 4.98 Å². The third-order valence-electron chi connectivity index (χ3n) is 5.22. The lowest BCUT2D eigenvalue weighted by molar-refractivity contribution is -0.126. The van der Waals surface area contributed by atoms with Crippen LogP contribution in [0.1, 0.15) is 36.8 Å². The molecule has 0 radical (unpaired) electrons. The summed E-state index contributed by atoms with van der Waals surface area (Å²) in [6.07, 6.45) is 5.45. The van der Waals surface area contributed by atoms with E-state index < -0.39 is 0 Å². The van der Waals surface area contributed by atoms with Gasteiger partial charge in [0.2, 0.25) is 11.9 Å². The van der Waals surface area contributed by atoms with E-state index in [1.807, 2.05) is 56.4 Å². The van der Waals surface area contributed by atoms with Crippen LogP contribution in [-0.4, -0.2) is 36.0 Å². The summed E-state index contributed by atoms with van der Waals surface area (Å²) in [5.41, 5.74) is 8.58. The lowest BCUT2D eigenvalue weighted by atomic mass is 9.85. The van der Waals surface area contributed by atoms with Crippen molar-refractivity contribution in [3.05, 3.63) is 41.6 Å². The van der Waals surface area contributed by atoms with E-state index >= 15 is 0 Å². The molecular weight excluding hydrogens is 352 g/mol. The van der Waals surface area contributed by atoms with Crippen molar-refractivity contribution in [1.29, 1.82) is 0 Å². The van der Waals surface area contributed by atoms with Crippen LogP contribution < -0.4 is 21.3 Å². The number of anilines is 3. The molecule has 0 bridgehead atoms. The highest BCUT2D eigenvalue weighted by Crippen LogP contribution is 2.27. The van der Waals surface area contributed by atoms with Crippen molar-refractivity contribution >= 4 is 23.4 Å². The minimum Gasteiger partial charge on any atom is -0.399 e. The number of hydrogen-bond donors (Lipinski definition) is 3. The van der Waals surface area contributed by atoms with Gasteiger partial charge in [-0.05, 0) is 50.3 Å². The topological polar surface area (TPSA) is 96.2 Å². The highest BCUT2D eigenvalue weighted by Gasteiger charge is 2.26. The molecule has 1 saturated carbocycles. The first-order valence-corrected chi connectivity index (χ1v) is 9.82. The van der Waals surface area contributed by atoms with Crippen LogP contribution in [0, 0.1) is 12.8 Å². The zero-order valence-electron chi connectivity index (χ0n) is 16.9. The molecule has 1 fully saturated rings. The van der Waals surface area contributed by atoms with Crippen molar-refractivity contribution in [2.75, 3.05) is 30.0 Å². The summed E-state index contributed by atoms with van der Waals surface area (Å²) < 4.78 is 0. The lowest BCUT2D eigenvalue weighted by Crippen LogP contribution is -2.36. The highest BCUT2D eigenvalue weighted by molar-refractivity contribution is 5.78. The van der Waals surface area contributed by atoms with Crippen LogP contribution in [-0.2, 0) is 11.3 Å². The Labute approximate surface area is 166 Å². The molecule has 2 aromatic rings. The molecule has 28 heavy (non-hydrogen) atoms. The van der Waals surface area contributed by atoms with Gasteiger partial charge in [0.15, 0.2) is 0 Å². The molecule has 0 aliphatic heterocycles. The minimum atomic E-state index is 0.0652. The van der Waals surface area contributed by atoms with Crippen LogP contribution in [0.3, 0.4) is 0 Å². The first-order chi connectivity index (χ1) is 13.4. The van der Waals surface area contributed by atoms with Gasteiger partial charge < -0.3 is 21.3 Å². The van der Waals surface area contributed by atoms with Gasteiger partial charge in [0.1, 0.15) is 5.82 Å². The second-order valence-electron chi connectivity index (χ2n) is 7.75. The van der Waals surface area contributed by atoms with Crippen molar-refractivity contribution in [3.8, 4) is 0 Å². The van der Waals surface area contributed by atoms with Crippen LogP contribution in [0.25, 0.3) is 0 Å². The van der Waals surface area contributed by atoms with Crippen molar-refractivity contribution in [1.82, 2.24) is 15.3 Å². The Morgan fingerprint density at radius 1 is 1.25 bits per heavy atom. The molecule has 4 N–H and O–H groups in total. The number of nitrogens with zero attached hydrogens (tertiary/aromatic N) is 3. The van der Waals surface area contributed by atoms with Crippen LogP contribution in [0.15, 0.2) is 30.5 Å². The van der Waals surface area contributed by atoms with Gasteiger partial charge in [0, 0.05) is 50.0 Å². The van der Waals surface area contributed by atoms with Crippen LogP contribution in [0.4, 0.5) is 17.5 Å². The minimum absolute atomic E-state index is 0.0652. The molecule has 1 heterocycles. The normalized spacial score (nSPS) is 19.1. The molecule has 1 aromatic carbocycles. The van der Waals surface area contributed by atoms with E-state index in [2.05, 4.69) is 20.6 Å². The molecule has 0 saturated heterocycles. The number of aromatic nitrogens is 2. The molecule has 3 rings (SSSR count). The number of amides is 1. The first kappa shape index (κ1) is 19.9. The van der Waals surface area contributed by atoms with Crippen molar-refractivity contribution in [2.45, 2.75) is 45.2 Å². The average molecular weight is 383 g/mol. The van der Waals surface area contributed by atoms with Crippen LogP contribution in [0.2, 0.25) is 0 Å². The molecule has 150 valence electrons. The summed E-state index contributed by atoms with van der Waals surface area (Å²) >= 11 is 0. The molecule has 1 amide bonds. The highest BCUT2D eigenvalue weighted by atomic mass is 16.1. The maximum Gasteiger partial charge on any atom is 0.224 e. The summed E-state index contributed by atoms with van der Waals surface area (Å²) in [5.74, 6) is 1.77. The summed E-state index contributed by atoms with van der Waals surface area (Å²) in [6.45, 7) is 2.53. The van der Waals surface area contributed by atoms with E-state index in [1.165, 1.54) is 0 Å². The van der Waals surface area contributed by atoms with Gasteiger partial charge >= 0.3 is 0 Å². The summed E-state index contributed by atoms with van der Waals surface area (Å²) in [5, 5.41) is 6.47. The standard InChI is InChI=1S/C21H30N6O/c1-14-12-24-21(26-19(14)27(2)3)25-18-9-7-16(8-10-18)20(28)23-13-15-5-4-6-17(22)11-15/h4-6,11-12,16,18H,7-10,13,22H2,1-3H3,(H,23,28)(H,24,25,26)/t16-,18+. The summed E-state index contributed by atoms with van der Waals surface area (Å²) in [6, 6.07) is 7.92. The molecule has 7 heteroatoms. The summed E-state index contributed by atoms with van der Waals surface area (Å²) in [7, 11) is 3.96. The van der Waals surface area contributed by atoms with Gasteiger partial charge in [-0.15, -0.1) is 0 Å². The maximum absolute atomic E-state index is 12.5. The Morgan fingerprint density at radius 3 is 2.68 bits per heavy atom. The largest absolute Gasteiger partial charge is 0.399 e. The van der Waals surface area contributed by atoms with Crippen molar-refractivity contribution in [3.63, 3.8) is 0 Å². The zero-order valence-corrected chi connectivity index (χ0v) is 16.9. The number of nitrogens with two attached hydrogens (primary N) is 1. The zero-order chi connectivity index (χ0) is 20.1.